The third-order valence-corrected chi connectivity index (χ3v) is 4.57. The topological polar surface area (TPSA) is 39.9 Å². The van der Waals surface area contributed by atoms with E-state index in [-0.39, 0.29) is 0 Å². The van der Waals surface area contributed by atoms with Crippen molar-refractivity contribution in [3.05, 3.63) is 35.4 Å². The van der Waals surface area contributed by atoms with Gasteiger partial charge in [0, 0.05) is 27.4 Å². The second-order valence-electron chi connectivity index (χ2n) is 4.38. The molecule has 0 N–H and O–H groups in total. The zero-order chi connectivity index (χ0) is 13.2. The molecular formula is C12H11ClIN3OS. The van der Waals surface area contributed by atoms with Crippen LogP contribution in [-0.4, -0.2) is 21.1 Å². The Kier molecular flexibility index (Phi) is 4.30. The molecule has 0 aliphatic heterocycles. The molecule has 0 spiro atoms. The van der Waals surface area contributed by atoms with Crippen LogP contribution in [-0.2, 0) is 4.18 Å². The van der Waals surface area contributed by atoms with E-state index in [1.807, 2.05) is 12.3 Å². The van der Waals surface area contributed by atoms with E-state index in [4.69, 9.17) is 15.8 Å². The molecule has 19 heavy (non-hydrogen) atoms. The Hall–Kier alpha value is -0.310. The first kappa shape index (κ1) is 13.7. The van der Waals surface area contributed by atoms with Crippen LogP contribution in [0.25, 0.3) is 11.0 Å². The highest BCUT2D eigenvalue weighted by atomic mass is 127. The average Bonchev–Trinajstić information content (AvgIpc) is 3.02. The molecule has 100 valence electrons. The van der Waals surface area contributed by atoms with Crippen LogP contribution in [0.4, 0.5) is 0 Å². The summed E-state index contributed by atoms with van der Waals surface area (Å²) in [6.07, 6.45) is 7.96. The van der Waals surface area contributed by atoms with Crippen LogP contribution in [0.1, 0.15) is 18.9 Å². The number of aromatic nitrogens is 3. The van der Waals surface area contributed by atoms with E-state index in [1.165, 1.54) is 21.1 Å². The third kappa shape index (κ3) is 2.76. The maximum absolute atomic E-state index is 6.07. The first-order valence-electron chi connectivity index (χ1n) is 5.86. The van der Waals surface area contributed by atoms with E-state index in [0.717, 1.165) is 23.9 Å². The summed E-state index contributed by atoms with van der Waals surface area (Å²) in [6, 6.07) is 2.31. The predicted molar refractivity (Wildman–Crippen MR) is 86.5 cm³/mol. The van der Waals surface area contributed by atoms with Gasteiger partial charge in [0.15, 0.2) is 0 Å². The van der Waals surface area contributed by atoms with Crippen molar-refractivity contribution in [3.8, 4) is 0 Å². The Balaban J connectivity index is 1.89. The quantitative estimate of drug-likeness (QED) is 0.327. The summed E-state index contributed by atoms with van der Waals surface area (Å²) < 4.78 is 7.53. The van der Waals surface area contributed by atoms with E-state index in [2.05, 4.69) is 41.8 Å². The largest absolute Gasteiger partial charge is 0.325 e. The third-order valence-electron chi connectivity index (χ3n) is 3.30. The molecule has 0 saturated carbocycles. The number of rotatable bonds is 4. The van der Waals surface area contributed by atoms with E-state index < -0.39 is 0 Å². The molecule has 0 saturated heterocycles. The van der Waals surface area contributed by atoms with Crippen molar-refractivity contribution in [2.75, 3.05) is 6.61 Å². The number of fused-ring (bicyclic) bond motifs is 1. The van der Waals surface area contributed by atoms with Crippen LogP contribution >= 0.6 is 42.0 Å². The maximum atomic E-state index is 6.07. The van der Waals surface area contributed by atoms with Crippen molar-refractivity contribution in [2.24, 2.45) is 0 Å². The Bertz CT molecular complexity index is 630. The summed E-state index contributed by atoms with van der Waals surface area (Å²) in [5.74, 6) is 0. The molecule has 2 aromatic rings. The van der Waals surface area contributed by atoms with Crippen LogP contribution < -0.4 is 0 Å². The van der Waals surface area contributed by atoms with Gasteiger partial charge in [-0.25, -0.2) is 9.97 Å². The first-order chi connectivity index (χ1) is 9.29. The molecule has 1 aliphatic rings. The standard InChI is InChI=1S/C12H11ClIN3OS/c13-11-10-3-4-17(12(10)16-7-15-11)9-2-1-8(5-9)6-18-19-14/h3-5,7,9H,1-2,6H2. The number of halogens is 2. The van der Waals surface area contributed by atoms with Crippen molar-refractivity contribution < 1.29 is 4.18 Å². The SMILES string of the molecule is Clc1ncnc2c1ccn2C1C=C(COSI)CC1. The Morgan fingerprint density at radius 3 is 3.26 bits per heavy atom. The maximum Gasteiger partial charge on any atom is 0.145 e. The van der Waals surface area contributed by atoms with Crippen LogP contribution in [0.5, 0.6) is 0 Å². The summed E-state index contributed by atoms with van der Waals surface area (Å²) in [4.78, 5) is 8.34. The molecule has 0 bridgehead atoms. The van der Waals surface area contributed by atoms with E-state index in [1.54, 1.807) is 0 Å². The van der Waals surface area contributed by atoms with E-state index in [0.29, 0.717) is 17.8 Å². The summed E-state index contributed by atoms with van der Waals surface area (Å²) in [5.41, 5.74) is 2.24. The lowest BCUT2D eigenvalue weighted by Crippen LogP contribution is -2.02. The average molecular weight is 408 g/mol. The molecule has 3 rings (SSSR count). The molecule has 1 aliphatic carbocycles. The Labute approximate surface area is 132 Å². The van der Waals surface area contributed by atoms with Crippen LogP contribution in [0.15, 0.2) is 30.2 Å². The fourth-order valence-corrected chi connectivity index (χ4v) is 3.19. The number of allylic oxidation sites excluding steroid dienone is 1. The van der Waals surface area contributed by atoms with E-state index >= 15 is 0 Å². The van der Waals surface area contributed by atoms with Crippen molar-refractivity contribution in [3.63, 3.8) is 0 Å². The van der Waals surface area contributed by atoms with Crippen LogP contribution in [0, 0.1) is 0 Å². The summed E-state index contributed by atoms with van der Waals surface area (Å²) in [6.45, 7) is 0.694. The monoisotopic (exact) mass is 407 g/mol. The number of hydrogen-bond donors (Lipinski definition) is 0. The summed E-state index contributed by atoms with van der Waals surface area (Å²) in [5, 5.41) is 1.42. The highest BCUT2D eigenvalue weighted by Crippen LogP contribution is 2.33. The lowest BCUT2D eigenvalue weighted by molar-refractivity contribution is 0.418. The molecule has 0 aromatic carbocycles. The minimum atomic E-state index is 0.335. The highest BCUT2D eigenvalue weighted by molar-refractivity contribution is 14.2. The normalized spacial score (nSPS) is 19.1. The van der Waals surface area contributed by atoms with Gasteiger partial charge < -0.3 is 8.75 Å². The minimum Gasteiger partial charge on any atom is -0.325 e. The van der Waals surface area contributed by atoms with Gasteiger partial charge in [-0.1, -0.05) is 17.7 Å². The molecule has 2 aromatic heterocycles. The molecule has 0 amide bonds. The number of hydrogen-bond acceptors (Lipinski definition) is 4. The van der Waals surface area contributed by atoms with E-state index in [9.17, 15) is 0 Å². The van der Waals surface area contributed by atoms with Gasteiger partial charge in [-0.2, -0.15) is 0 Å². The van der Waals surface area contributed by atoms with Crippen molar-refractivity contribution in [1.29, 1.82) is 0 Å². The predicted octanol–water partition coefficient (Wildman–Crippen LogP) is 4.36. The van der Waals surface area contributed by atoms with Gasteiger partial charge in [0.25, 0.3) is 0 Å². The van der Waals surface area contributed by atoms with Gasteiger partial charge in [0.1, 0.15) is 17.1 Å². The highest BCUT2D eigenvalue weighted by Gasteiger charge is 2.19. The summed E-state index contributed by atoms with van der Waals surface area (Å²) >= 11 is 8.21. The van der Waals surface area contributed by atoms with Crippen molar-refractivity contribution in [1.82, 2.24) is 14.5 Å². The Morgan fingerprint density at radius 2 is 2.42 bits per heavy atom. The second kappa shape index (κ2) is 5.99. The van der Waals surface area contributed by atoms with Gasteiger partial charge in [0.05, 0.1) is 27.2 Å². The van der Waals surface area contributed by atoms with Crippen LogP contribution in [0.2, 0.25) is 5.15 Å². The molecule has 1 atom stereocenters. The fraction of sp³-hybridized carbons (Fsp3) is 0.333. The summed E-state index contributed by atoms with van der Waals surface area (Å²) in [7, 11) is 1.38. The number of nitrogens with zero attached hydrogens (tertiary/aromatic N) is 3. The molecule has 2 heterocycles. The van der Waals surface area contributed by atoms with Crippen molar-refractivity contribution in [2.45, 2.75) is 18.9 Å². The molecule has 1 unspecified atom stereocenters. The molecule has 0 radical (unpaired) electrons. The Morgan fingerprint density at radius 1 is 1.53 bits per heavy atom. The lowest BCUT2D eigenvalue weighted by Gasteiger charge is -2.10. The van der Waals surface area contributed by atoms with Crippen LogP contribution in [0.3, 0.4) is 0 Å². The minimum absolute atomic E-state index is 0.335. The van der Waals surface area contributed by atoms with Crippen molar-refractivity contribution >= 4 is 53.1 Å². The molecule has 7 heteroatoms. The van der Waals surface area contributed by atoms with Gasteiger partial charge >= 0.3 is 0 Å². The second-order valence-corrected chi connectivity index (χ2v) is 6.18. The molecular weight excluding hydrogens is 397 g/mol. The van der Waals surface area contributed by atoms with Gasteiger partial charge in [-0.05, 0) is 24.5 Å². The zero-order valence-corrected chi connectivity index (χ0v) is 13.7. The zero-order valence-electron chi connectivity index (χ0n) is 9.92. The molecule has 4 nitrogen and oxygen atoms in total. The first-order valence-corrected chi connectivity index (χ1v) is 9.52. The smallest absolute Gasteiger partial charge is 0.145 e. The molecule has 0 fully saturated rings. The lowest BCUT2D eigenvalue weighted by atomic mass is 10.2. The van der Waals surface area contributed by atoms with Gasteiger partial charge in [-0.3, -0.25) is 0 Å². The van der Waals surface area contributed by atoms with Gasteiger partial charge in [0.2, 0.25) is 0 Å². The fourth-order valence-electron chi connectivity index (χ4n) is 2.42. The van der Waals surface area contributed by atoms with Gasteiger partial charge in [-0.15, -0.1) is 0 Å².